The largest absolute Gasteiger partial charge is 0.481 e. The van der Waals surface area contributed by atoms with Crippen molar-refractivity contribution in [3.63, 3.8) is 0 Å². The first-order valence-corrected chi connectivity index (χ1v) is 12.2. The summed E-state index contributed by atoms with van der Waals surface area (Å²) in [6.07, 6.45) is 8.75. The van der Waals surface area contributed by atoms with Crippen LogP contribution in [0.5, 0.6) is 0 Å². The SMILES string of the molecule is CCCCN(CCCC)S(=O)(=O)c1ccc(C(CC2CCCC2)C(=O)O)cc1. The molecule has 1 saturated carbocycles. The number of hydrogen-bond donors (Lipinski definition) is 1. The zero-order valence-electron chi connectivity index (χ0n) is 17.3. The summed E-state index contributed by atoms with van der Waals surface area (Å²) in [5, 5.41) is 9.67. The van der Waals surface area contributed by atoms with Crippen LogP contribution in [-0.2, 0) is 14.8 Å². The number of carboxylic acid groups (broad SMARTS) is 1. The van der Waals surface area contributed by atoms with Gasteiger partial charge >= 0.3 is 5.97 Å². The molecule has 5 nitrogen and oxygen atoms in total. The van der Waals surface area contributed by atoms with Crippen molar-refractivity contribution in [2.45, 2.75) is 82.4 Å². The maximum Gasteiger partial charge on any atom is 0.310 e. The van der Waals surface area contributed by atoms with E-state index >= 15 is 0 Å². The molecule has 0 bridgehead atoms. The third-order valence-corrected chi connectivity index (χ3v) is 7.70. The number of nitrogens with zero attached hydrogens (tertiary/aromatic N) is 1. The highest BCUT2D eigenvalue weighted by molar-refractivity contribution is 7.89. The van der Waals surface area contributed by atoms with Gasteiger partial charge in [0.1, 0.15) is 0 Å². The van der Waals surface area contributed by atoms with Crippen molar-refractivity contribution in [1.82, 2.24) is 4.31 Å². The monoisotopic (exact) mass is 409 g/mol. The molecule has 0 amide bonds. The van der Waals surface area contributed by atoms with Crippen LogP contribution in [-0.4, -0.2) is 36.9 Å². The van der Waals surface area contributed by atoms with E-state index in [0.717, 1.165) is 38.5 Å². The van der Waals surface area contributed by atoms with Crippen LogP contribution >= 0.6 is 0 Å². The predicted molar refractivity (Wildman–Crippen MR) is 112 cm³/mol. The molecule has 1 aliphatic rings. The minimum atomic E-state index is -3.54. The Kier molecular flexibility index (Phi) is 8.96. The van der Waals surface area contributed by atoms with E-state index in [0.29, 0.717) is 31.0 Å². The molecule has 0 radical (unpaired) electrons. The lowest BCUT2D eigenvalue weighted by Crippen LogP contribution is -2.33. The maximum absolute atomic E-state index is 13.0. The second-order valence-corrected chi connectivity index (χ2v) is 9.90. The highest BCUT2D eigenvalue weighted by Gasteiger charge is 2.28. The molecule has 1 aliphatic carbocycles. The first-order valence-electron chi connectivity index (χ1n) is 10.7. The van der Waals surface area contributed by atoms with Gasteiger partial charge in [0.25, 0.3) is 0 Å². The van der Waals surface area contributed by atoms with E-state index in [1.54, 1.807) is 28.6 Å². The Morgan fingerprint density at radius 2 is 1.61 bits per heavy atom. The van der Waals surface area contributed by atoms with Gasteiger partial charge in [-0.2, -0.15) is 4.31 Å². The summed E-state index contributed by atoms with van der Waals surface area (Å²) in [5.41, 5.74) is 0.701. The van der Waals surface area contributed by atoms with Crippen LogP contribution < -0.4 is 0 Å². The zero-order chi connectivity index (χ0) is 20.6. The molecule has 0 heterocycles. The van der Waals surface area contributed by atoms with E-state index in [1.165, 1.54) is 12.8 Å². The lowest BCUT2D eigenvalue weighted by atomic mass is 9.88. The molecule has 0 saturated heterocycles. The summed E-state index contributed by atoms with van der Waals surface area (Å²) < 4.78 is 27.7. The standard InChI is InChI=1S/C22H35NO4S/c1-3-5-15-23(16-6-4-2)28(26,27)20-13-11-19(12-14-20)21(22(24)25)17-18-9-7-8-10-18/h11-14,18,21H,3-10,15-17H2,1-2H3,(H,24,25). The molecule has 0 aliphatic heterocycles. The molecule has 1 aromatic carbocycles. The number of carbonyl (C=O) groups is 1. The Morgan fingerprint density at radius 1 is 1.07 bits per heavy atom. The fourth-order valence-electron chi connectivity index (χ4n) is 4.00. The molecule has 28 heavy (non-hydrogen) atoms. The number of rotatable bonds is 12. The molecule has 0 aromatic heterocycles. The summed E-state index contributed by atoms with van der Waals surface area (Å²) in [6.45, 7) is 5.16. The minimum absolute atomic E-state index is 0.258. The van der Waals surface area contributed by atoms with Gasteiger partial charge in [0, 0.05) is 13.1 Å². The third-order valence-electron chi connectivity index (χ3n) is 5.78. The molecule has 158 valence electrons. The van der Waals surface area contributed by atoms with E-state index in [1.807, 2.05) is 0 Å². The number of sulfonamides is 1. The van der Waals surface area contributed by atoms with E-state index in [2.05, 4.69) is 13.8 Å². The average molecular weight is 410 g/mol. The number of carboxylic acids is 1. The van der Waals surface area contributed by atoms with Gasteiger partial charge in [-0.1, -0.05) is 64.5 Å². The Balaban J connectivity index is 2.18. The second-order valence-electron chi connectivity index (χ2n) is 7.96. The first kappa shape index (κ1) is 22.9. The van der Waals surface area contributed by atoms with Crippen LogP contribution in [0, 0.1) is 5.92 Å². The van der Waals surface area contributed by atoms with Crippen molar-refractivity contribution in [1.29, 1.82) is 0 Å². The highest BCUT2D eigenvalue weighted by Crippen LogP contribution is 2.34. The van der Waals surface area contributed by atoms with Crippen molar-refractivity contribution in [3.05, 3.63) is 29.8 Å². The van der Waals surface area contributed by atoms with Crippen molar-refractivity contribution < 1.29 is 18.3 Å². The molecule has 2 rings (SSSR count). The number of aliphatic carboxylic acids is 1. The first-order chi connectivity index (χ1) is 13.4. The number of unbranched alkanes of at least 4 members (excludes halogenated alkanes) is 2. The van der Waals surface area contributed by atoms with Gasteiger partial charge in [-0.05, 0) is 42.9 Å². The Morgan fingerprint density at radius 3 is 2.07 bits per heavy atom. The number of hydrogen-bond acceptors (Lipinski definition) is 3. The van der Waals surface area contributed by atoms with E-state index in [-0.39, 0.29) is 4.90 Å². The summed E-state index contributed by atoms with van der Waals surface area (Å²) in [5.74, 6) is -0.922. The van der Waals surface area contributed by atoms with E-state index in [4.69, 9.17) is 0 Å². The summed E-state index contributed by atoms with van der Waals surface area (Å²) >= 11 is 0. The molecular weight excluding hydrogens is 374 g/mol. The van der Waals surface area contributed by atoms with Crippen LogP contribution in [0.2, 0.25) is 0 Å². The number of benzene rings is 1. The van der Waals surface area contributed by atoms with Gasteiger partial charge < -0.3 is 5.11 Å². The van der Waals surface area contributed by atoms with Gasteiger partial charge in [-0.25, -0.2) is 8.42 Å². The Labute approximate surface area is 170 Å². The van der Waals surface area contributed by atoms with Gasteiger partial charge in [0.05, 0.1) is 10.8 Å². The van der Waals surface area contributed by atoms with Crippen molar-refractivity contribution >= 4 is 16.0 Å². The maximum atomic E-state index is 13.0. The molecule has 1 atom stereocenters. The third kappa shape index (κ3) is 6.05. The van der Waals surface area contributed by atoms with Gasteiger partial charge in [0.15, 0.2) is 0 Å². The van der Waals surface area contributed by atoms with Crippen molar-refractivity contribution in [2.24, 2.45) is 5.92 Å². The van der Waals surface area contributed by atoms with Crippen molar-refractivity contribution in [3.8, 4) is 0 Å². The predicted octanol–water partition coefficient (Wildman–Crippen LogP) is 5.03. The Bertz CT molecular complexity index is 701. The second kappa shape index (κ2) is 11.0. The summed E-state index contributed by atoms with van der Waals surface area (Å²) in [7, 11) is -3.54. The average Bonchev–Trinajstić information content (AvgIpc) is 3.19. The summed E-state index contributed by atoms with van der Waals surface area (Å²) in [4.78, 5) is 12.0. The molecule has 0 spiro atoms. The van der Waals surface area contributed by atoms with Crippen LogP contribution in [0.3, 0.4) is 0 Å². The lowest BCUT2D eigenvalue weighted by Gasteiger charge is -2.22. The molecule has 6 heteroatoms. The van der Waals surface area contributed by atoms with Crippen molar-refractivity contribution in [2.75, 3.05) is 13.1 Å². The van der Waals surface area contributed by atoms with Gasteiger partial charge in [0.2, 0.25) is 10.0 Å². The topological polar surface area (TPSA) is 74.7 Å². The lowest BCUT2D eigenvalue weighted by molar-refractivity contribution is -0.139. The fraction of sp³-hybridized carbons (Fsp3) is 0.682. The van der Waals surface area contributed by atoms with E-state index < -0.39 is 21.9 Å². The quantitative estimate of drug-likeness (QED) is 0.525. The molecule has 1 fully saturated rings. The normalized spacial score (nSPS) is 16.5. The highest BCUT2D eigenvalue weighted by atomic mass is 32.2. The molecule has 1 unspecified atom stereocenters. The van der Waals surface area contributed by atoms with Crippen LogP contribution in [0.25, 0.3) is 0 Å². The van der Waals surface area contributed by atoms with Crippen LogP contribution in [0.1, 0.15) is 83.1 Å². The molecule has 1 N–H and O–H groups in total. The zero-order valence-corrected chi connectivity index (χ0v) is 18.1. The molecular formula is C22H35NO4S. The van der Waals surface area contributed by atoms with Crippen LogP contribution in [0.4, 0.5) is 0 Å². The van der Waals surface area contributed by atoms with Crippen LogP contribution in [0.15, 0.2) is 29.2 Å². The smallest absolute Gasteiger partial charge is 0.310 e. The van der Waals surface area contributed by atoms with E-state index in [9.17, 15) is 18.3 Å². The molecule has 1 aromatic rings. The Hall–Kier alpha value is -1.40. The van der Waals surface area contributed by atoms with Gasteiger partial charge in [-0.3, -0.25) is 4.79 Å². The fourth-order valence-corrected chi connectivity index (χ4v) is 5.52. The minimum Gasteiger partial charge on any atom is -0.481 e. The summed E-state index contributed by atoms with van der Waals surface area (Å²) in [6, 6.07) is 6.55. The van der Waals surface area contributed by atoms with Gasteiger partial charge in [-0.15, -0.1) is 0 Å².